The number of carbonyl (C=O) groups is 1. The molecule has 1 aromatic rings. The number of amides is 1. The zero-order valence-electron chi connectivity index (χ0n) is 10.7. The summed E-state index contributed by atoms with van der Waals surface area (Å²) in [4.78, 5) is 18.2. The second-order valence-electron chi connectivity index (χ2n) is 4.78. The van der Waals surface area contributed by atoms with Crippen molar-refractivity contribution in [1.29, 1.82) is 0 Å². The fourth-order valence-electron chi connectivity index (χ4n) is 2.26. The molecule has 5 nitrogen and oxygen atoms in total. The van der Waals surface area contributed by atoms with Crippen LogP contribution in [0.2, 0.25) is 0 Å². The van der Waals surface area contributed by atoms with Gasteiger partial charge < -0.3 is 11.1 Å². The lowest BCUT2D eigenvalue weighted by Crippen LogP contribution is -2.49. The van der Waals surface area contributed by atoms with E-state index in [0.29, 0.717) is 6.54 Å². The molecule has 1 aromatic heterocycles. The fourth-order valence-corrected chi connectivity index (χ4v) is 2.26. The highest BCUT2D eigenvalue weighted by Crippen LogP contribution is 2.12. The summed E-state index contributed by atoms with van der Waals surface area (Å²) >= 11 is 0. The average molecular weight is 248 g/mol. The van der Waals surface area contributed by atoms with Gasteiger partial charge in [0.1, 0.15) is 6.04 Å². The summed E-state index contributed by atoms with van der Waals surface area (Å²) in [6.07, 6.45) is 4.53. The third-order valence-electron chi connectivity index (χ3n) is 3.31. The number of rotatable bonds is 3. The summed E-state index contributed by atoms with van der Waals surface area (Å²) in [5.74, 6) is 0.0337. The van der Waals surface area contributed by atoms with Crippen molar-refractivity contribution < 1.29 is 4.79 Å². The Morgan fingerprint density at radius 1 is 1.61 bits per heavy atom. The van der Waals surface area contributed by atoms with Crippen LogP contribution in [-0.4, -0.2) is 41.0 Å². The van der Waals surface area contributed by atoms with Crippen LogP contribution < -0.4 is 11.1 Å². The minimum atomic E-state index is -0.241. The summed E-state index contributed by atoms with van der Waals surface area (Å²) in [6, 6.07) is 3.90. The van der Waals surface area contributed by atoms with Crippen LogP contribution in [0.3, 0.4) is 0 Å². The molecule has 5 heteroatoms. The van der Waals surface area contributed by atoms with Crippen molar-refractivity contribution in [3.05, 3.63) is 30.1 Å². The average Bonchev–Trinajstić information content (AvgIpc) is 2.50. The molecule has 0 saturated carbocycles. The molecule has 1 aliphatic rings. The molecule has 2 atom stereocenters. The molecule has 0 radical (unpaired) electrons. The number of nitrogens with two attached hydrogens (primary N) is 1. The van der Waals surface area contributed by atoms with Crippen LogP contribution in [0.15, 0.2) is 24.5 Å². The van der Waals surface area contributed by atoms with Crippen molar-refractivity contribution in [1.82, 2.24) is 15.2 Å². The quantitative estimate of drug-likeness (QED) is 0.797. The monoisotopic (exact) mass is 248 g/mol. The van der Waals surface area contributed by atoms with Gasteiger partial charge in [0.15, 0.2) is 0 Å². The highest BCUT2D eigenvalue weighted by atomic mass is 16.2. The third kappa shape index (κ3) is 3.05. The molecule has 2 unspecified atom stereocenters. The molecule has 1 amide bonds. The van der Waals surface area contributed by atoms with E-state index in [0.717, 1.165) is 25.1 Å². The molecular weight excluding hydrogens is 228 g/mol. The van der Waals surface area contributed by atoms with E-state index in [1.54, 1.807) is 6.20 Å². The van der Waals surface area contributed by atoms with Crippen molar-refractivity contribution in [2.75, 3.05) is 13.1 Å². The molecule has 1 aliphatic heterocycles. The molecule has 2 heterocycles. The summed E-state index contributed by atoms with van der Waals surface area (Å²) < 4.78 is 0. The van der Waals surface area contributed by atoms with Crippen LogP contribution in [0.25, 0.3) is 0 Å². The predicted octanol–water partition coefficient (Wildman–Crippen LogP) is 0.119. The van der Waals surface area contributed by atoms with Gasteiger partial charge in [-0.25, -0.2) is 0 Å². The van der Waals surface area contributed by atoms with E-state index in [9.17, 15) is 4.79 Å². The first-order chi connectivity index (χ1) is 8.70. The number of carbonyl (C=O) groups excluding carboxylic acids is 1. The smallest absolute Gasteiger partial charge is 0.238 e. The van der Waals surface area contributed by atoms with Crippen LogP contribution in [-0.2, 0) is 11.3 Å². The second kappa shape index (κ2) is 5.93. The van der Waals surface area contributed by atoms with Crippen molar-refractivity contribution in [2.24, 2.45) is 5.73 Å². The van der Waals surface area contributed by atoms with Gasteiger partial charge >= 0.3 is 0 Å². The van der Waals surface area contributed by atoms with E-state index < -0.39 is 0 Å². The molecule has 0 aliphatic carbocycles. The molecule has 18 heavy (non-hydrogen) atoms. The van der Waals surface area contributed by atoms with Crippen LogP contribution in [0.4, 0.5) is 0 Å². The van der Waals surface area contributed by atoms with Gasteiger partial charge in [0.25, 0.3) is 0 Å². The molecule has 2 rings (SSSR count). The standard InChI is InChI=1S/C13H20N4O/c1-10-4-6-17(12(7-14)13(18)16-10)9-11-3-2-5-15-8-11/h2-3,5,8,10,12H,4,6-7,9,14H2,1H3,(H,16,18). The van der Waals surface area contributed by atoms with E-state index in [1.807, 2.05) is 25.3 Å². The van der Waals surface area contributed by atoms with Crippen LogP contribution in [0.1, 0.15) is 18.9 Å². The van der Waals surface area contributed by atoms with Crippen molar-refractivity contribution >= 4 is 5.91 Å². The summed E-state index contributed by atoms with van der Waals surface area (Å²) in [5.41, 5.74) is 6.84. The van der Waals surface area contributed by atoms with Gasteiger partial charge in [0.2, 0.25) is 5.91 Å². The van der Waals surface area contributed by atoms with Crippen LogP contribution >= 0.6 is 0 Å². The Balaban J connectivity index is 2.11. The zero-order valence-corrected chi connectivity index (χ0v) is 10.7. The Morgan fingerprint density at radius 3 is 3.11 bits per heavy atom. The molecule has 1 saturated heterocycles. The highest BCUT2D eigenvalue weighted by Gasteiger charge is 2.28. The molecular formula is C13H20N4O. The molecule has 98 valence electrons. The van der Waals surface area contributed by atoms with Gasteiger partial charge in [-0.3, -0.25) is 14.7 Å². The Bertz CT molecular complexity index is 395. The number of nitrogens with zero attached hydrogens (tertiary/aromatic N) is 2. The van der Waals surface area contributed by atoms with Gasteiger partial charge in [0, 0.05) is 38.1 Å². The van der Waals surface area contributed by atoms with Crippen LogP contribution in [0.5, 0.6) is 0 Å². The summed E-state index contributed by atoms with van der Waals surface area (Å²) in [7, 11) is 0. The Hall–Kier alpha value is -1.46. The second-order valence-corrected chi connectivity index (χ2v) is 4.78. The van der Waals surface area contributed by atoms with Gasteiger partial charge in [-0.15, -0.1) is 0 Å². The number of hydrogen-bond acceptors (Lipinski definition) is 4. The van der Waals surface area contributed by atoms with Gasteiger partial charge in [0.05, 0.1) is 0 Å². The van der Waals surface area contributed by atoms with E-state index >= 15 is 0 Å². The lowest BCUT2D eigenvalue weighted by Gasteiger charge is -2.26. The first-order valence-corrected chi connectivity index (χ1v) is 6.34. The molecule has 0 bridgehead atoms. The minimum absolute atomic E-state index is 0.0337. The maximum absolute atomic E-state index is 12.0. The number of aromatic nitrogens is 1. The first kappa shape index (κ1) is 13.0. The molecule has 3 N–H and O–H groups in total. The normalized spacial score (nSPS) is 25.6. The molecule has 1 fully saturated rings. The lowest BCUT2D eigenvalue weighted by molar-refractivity contribution is -0.125. The summed E-state index contributed by atoms with van der Waals surface area (Å²) in [5, 5.41) is 2.98. The largest absolute Gasteiger partial charge is 0.352 e. The van der Waals surface area contributed by atoms with Gasteiger partial charge in [-0.05, 0) is 25.0 Å². The highest BCUT2D eigenvalue weighted by molar-refractivity contribution is 5.82. The van der Waals surface area contributed by atoms with Gasteiger partial charge in [-0.2, -0.15) is 0 Å². The van der Waals surface area contributed by atoms with E-state index in [4.69, 9.17) is 5.73 Å². The van der Waals surface area contributed by atoms with E-state index in [-0.39, 0.29) is 18.0 Å². The molecule has 0 aromatic carbocycles. The fraction of sp³-hybridized carbons (Fsp3) is 0.538. The first-order valence-electron chi connectivity index (χ1n) is 6.34. The number of hydrogen-bond donors (Lipinski definition) is 2. The minimum Gasteiger partial charge on any atom is -0.352 e. The van der Waals surface area contributed by atoms with Crippen molar-refractivity contribution in [2.45, 2.75) is 32.0 Å². The predicted molar refractivity (Wildman–Crippen MR) is 69.7 cm³/mol. The van der Waals surface area contributed by atoms with Crippen molar-refractivity contribution in [3.8, 4) is 0 Å². The van der Waals surface area contributed by atoms with Crippen LogP contribution in [0, 0.1) is 0 Å². The lowest BCUT2D eigenvalue weighted by atomic mass is 10.2. The summed E-state index contributed by atoms with van der Waals surface area (Å²) in [6.45, 7) is 3.96. The SMILES string of the molecule is CC1CCN(Cc2cccnc2)C(CN)C(=O)N1. The van der Waals surface area contributed by atoms with Gasteiger partial charge in [-0.1, -0.05) is 6.07 Å². The van der Waals surface area contributed by atoms with E-state index in [2.05, 4.69) is 15.2 Å². The maximum atomic E-state index is 12.0. The topological polar surface area (TPSA) is 71.2 Å². The Labute approximate surface area is 107 Å². The number of nitrogens with one attached hydrogen (secondary N) is 1. The Kier molecular flexibility index (Phi) is 4.28. The molecule has 0 spiro atoms. The number of pyridine rings is 1. The zero-order chi connectivity index (χ0) is 13.0. The Morgan fingerprint density at radius 2 is 2.44 bits per heavy atom. The van der Waals surface area contributed by atoms with Crippen molar-refractivity contribution in [3.63, 3.8) is 0 Å². The maximum Gasteiger partial charge on any atom is 0.238 e. The third-order valence-corrected chi connectivity index (χ3v) is 3.31. The van der Waals surface area contributed by atoms with E-state index in [1.165, 1.54) is 0 Å².